The summed E-state index contributed by atoms with van der Waals surface area (Å²) in [6, 6.07) is 4.89. The summed E-state index contributed by atoms with van der Waals surface area (Å²) in [6.45, 7) is 4.88. The molecule has 0 bridgehead atoms. The van der Waals surface area contributed by atoms with E-state index in [1.54, 1.807) is 23.1 Å². The zero-order valence-electron chi connectivity index (χ0n) is 12.2. The van der Waals surface area contributed by atoms with Crippen LogP contribution in [0.25, 0.3) is 0 Å². The van der Waals surface area contributed by atoms with Gasteiger partial charge in [0.05, 0.1) is 17.3 Å². The summed E-state index contributed by atoms with van der Waals surface area (Å²) in [5, 5.41) is 3.09. The van der Waals surface area contributed by atoms with E-state index in [-0.39, 0.29) is 18.4 Å². The number of nitrogens with one attached hydrogen (secondary N) is 1. The fourth-order valence-corrected chi connectivity index (χ4v) is 2.63. The second-order valence-corrected chi connectivity index (χ2v) is 6.18. The van der Waals surface area contributed by atoms with Crippen molar-refractivity contribution in [1.29, 1.82) is 0 Å². The van der Waals surface area contributed by atoms with E-state index in [0.29, 0.717) is 41.2 Å². The standard InChI is InChI=1S/C15H20ClN3O2/c1-9(2)10-5-15(21)19(7-10)8-14(20)18-13-4-3-11(17)6-12(13)16/h3-4,6,9-10H,5,7-8,17H2,1-2H3,(H,18,20). The van der Waals surface area contributed by atoms with Crippen LogP contribution >= 0.6 is 11.6 Å². The van der Waals surface area contributed by atoms with Crippen LogP contribution in [0.15, 0.2) is 18.2 Å². The zero-order chi connectivity index (χ0) is 15.6. The first-order valence-electron chi connectivity index (χ1n) is 6.99. The quantitative estimate of drug-likeness (QED) is 0.838. The van der Waals surface area contributed by atoms with Crippen molar-refractivity contribution in [1.82, 2.24) is 4.90 Å². The summed E-state index contributed by atoms with van der Waals surface area (Å²) in [5.74, 6) is 0.547. The lowest BCUT2D eigenvalue weighted by Crippen LogP contribution is -2.34. The molecule has 1 heterocycles. The molecule has 6 heteroatoms. The molecule has 1 aliphatic heterocycles. The number of carbonyl (C=O) groups is 2. The van der Waals surface area contributed by atoms with Crippen LogP contribution in [0.4, 0.5) is 11.4 Å². The maximum absolute atomic E-state index is 12.0. The maximum atomic E-state index is 12.0. The Kier molecular flexibility index (Phi) is 4.73. The molecular formula is C15H20ClN3O2. The molecule has 2 rings (SSSR count). The number of carbonyl (C=O) groups excluding carboxylic acids is 2. The Hall–Kier alpha value is -1.75. The Morgan fingerprint density at radius 1 is 1.52 bits per heavy atom. The van der Waals surface area contributed by atoms with Crippen molar-refractivity contribution in [3.63, 3.8) is 0 Å². The third-order valence-corrected chi connectivity index (χ3v) is 4.10. The molecule has 1 aromatic carbocycles. The number of halogens is 1. The lowest BCUT2D eigenvalue weighted by atomic mass is 9.95. The number of hydrogen-bond donors (Lipinski definition) is 2. The van der Waals surface area contributed by atoms with Gasteiger partial charge in [-0.2, -0.15) is 0 Å². The Balaban J connectivity index is 1.94. The van der Waals surface area contributed by atoms with Gasteiger partial charge in [-0.3, -0.25) is 9.59 Å². The van der Waals surface area contributed by atoms with Crippen molar-refractivity contribution < 1.29 is 9.59 Å². The van der Waals surface area contributed by atoms with Crippen LogP contribution in [0, 0.1) is 11.8 Å². The molecule has 3 N–H and O–H groups in total. The molecule has 2 amide bonds. The number of hydrogen-bond acceptors (Lipinski definition) is 3. The number of benzene rings is 1. The van der Waals surface area contributed by atoms with Crippen LogP contribution < -0.4 is 11.1 Å². The molecule has 1 unspecified atom stereocenters. The summed E-state index contributed by atoms with van der Waals surface area (Å²) in [4.78, 5) is 25.5. The van der Waals surface area contributed by atoms with Gasteiger partial charge in [-0.05, 0) is 30.0 Å². The topological polar surface area (TPSA) is 75.4 Å². The van der Waals surface area contributed by atoms with Crippen LogP contribution in [-0.4, -0.2) is 29.8 Å². The average molecular weight is 310 g/mol. The van der Waals surface area contributed by atoms with E-state index in [1.165, 1.54) is 0 Å². The molecule has 21 heavy (non-hydrogen) atoms. The van der Waals surface area contributed by atoms with Crippen LogP contribution in [0.5, 0.6) is 0 Å². The first kappa shape index (κ1) is 15.6. The van der Waals surface area contributed by atoms with Crippen molar-refractivity contribution in [2.45, 2.75) is 20.3 Å². The summed E-state index contributed by atoms with van der Waals surface area (Å²) < 4.78 is 0. The van der Waals surface area contributed by atoms with E-state index in [2.05, 4.69) is 19.2 Å². The molecule has 0 radical (unpaired) electrons. The van der Waals surface area contributed by atoms with Crippen molar-refractivity contribution >= 4 is 34.8 Å². The van der Waals surface area contributed by atoms with Crippen molar-refractivity contribution in [2.75, 3.05) is 24.1 Å². The Morgan fingerprint density at radius 2 is 2.24 bits per heavy atom. The molecule has 1 aromatic rings. The van der Waals surface area contributed by atoms with Gasteiger partial charge in [-0.25, -0.2) is 0 Å². The highest BCUT2D eigenvalue weighted by Crippen LogP contribution is 2.26. The van der Waals surface area contributed by atoms with Gasteiger partial charge in [0.15, 0.2) is 0 Å². The molecule has 0 aliphatic carbocycles. The minimum Gasteiger partial charge on any atom is -0.399 e. The highest BCUT2D eigenvalue weighted by Gasteiger charge is 2.32. The Labute approximate surface area is 129 Å². The first-order chi connectivity index (χ1) is 9.86. The third kappa shape index (κ3) is 3.88. The van der Waals surface area contributed by atoms with Crippen LogP contribution in [0.1, 0.15) is 20.3 Å². The monoisotopic (exact) mass is 309 g/mol. The molecule has 0 saturated carbocycles. The summed E-state index contributed by atoms with van der Waals surface area (Å²) in [7, 11) is 0. The van der Waals surface area contributed by atoms with Crippen LogP contribution in [-0.2, 0) is 9.59 Å². The molecule has 0 spiro atoms. The van der Waals surface area contributed by atoms with Gasteiger partial charge in [0.2, 0.25) is 11.8 Å². The predicted molar refractivity (Wildman–Crippen MR) is 84.0 cm³/mol. The number of nitrogens with zero attached hydrogens (tertiary/aromatic N) is 1. The minimum atomic E-state index is -0.251. The van der Waals surface area contributed by atoms with Gasteiger partial charge in [-0.15, -0.1) is 0 Å². The van der Waals surface area contributed by atoms with E-state index >= 15 is 0 Å². The van der Waals surface area contributed by atoms with Gasteiger partial charge < -0.3 is 16.0 Å². The number of amides is 2. The van der Waals surface area contributed by atoms with E-state index in [0.717, 1.165) is 0 Å². The van der Waals surface area contributed by atoms with Crippen molar-refractivity contribution in [2.24, 2.45) is 11.8 Å². The fraction of sp³-hybridized carbons (Fsp3) is 0.467. The number of rotatable bonds is 4. The second-order valence-electron chi connectivity index (χ2n) is 5.77. The SMILES string of the molecule is CC(C)C1CC(=O)N(CC(=O)Nc2ccc(N)cc2Cl)C1. The summed E-state index contributed by atoms with van der Waals surface area (Å²) >= 11 is 6.01. The molecule has 5 nitrogen and oxygen atoms in total. The Bertz CT molecular complexity index is 560. The highest BCUT2D eigenvalue weighted by atomic mass is 35.5. The molecule has 1 atom stereocenters. The van der Waals surface area contributed by atoms with Gasteiger partial charge in [-0.1, -0.05) is 25.4 Å². The highest BCUT2D eigenvalue weighted by molar-refractivity contribution is 6.34. The largest absolute Gasteiger partial charge is 0.399 e. The lowest BCUT2D eigenvalue weighted by Gasteiger charge is -2.18. The number of nitrogen functional groups attached to an aromatic ring is 1. The predicted octanol–water partition coefficient (Wildman–Crippen LogP) is 2.37. The number of anilines is 2. The Morgan fingerprint density at radius 3 is 2.81 bits per heavy atom. The molecule has 114 valence electrons. The van der Waals surface area contributed by atoms with Crippen LogP contribution in [0.3, 0.4) is 0 Å². The number of likely N-dealkylation sites (tertiary alicyclic amines) is 1. The van der Waals surface area contributed by atoms with Crippen molar-refractivity contribution in [3.8, 4) is 0 Å². The fourth-order valence-electron chi connectivity index (χ4n) is 2.40. The third-order valence-electron chi connectivity index (χ3n) is 3.79. The average Bonchev–Trinajstić information content (AvgIpc) is 2.75. The van der Waals surface area contributed by atoms with E-state index in [4.69, 9.17) is 17.3 Å². The molecule has 0 aromatic heterocycles. The normalized spacial score (nSPS) is 18.4. The van der Waals surface area contributed by atoms with Crippen molar-refractivity contribution in [3.05, 3.63) is 23.2 Å². The molecular weight excluding hydrogens is 290 g/mol. The van der Waals surface area contributed by atoms with Crippen LogP contribution in [0.2, 0.25) is 5.02 Å². The van der Waals surface area contributed by atoms with Gasteiger partial charge >= 0.3 is 0 Å². The minimum absolute atomic E-state index is 0.0345. The first-order valence-corrected chi connectivity index (χ1v) is 7.37. The van der Waals surface area contributed by atoms with E-state index < -0.39 is 0 Å². The smallest absolute Gasteiger partial charge is 0.244 e. The summed E-state index contributed by atoms with van der Waals surface area (Å²) in [5.41, 5.74) is 6.64. The molecule has 1 aliphatic rings. The number of nitrogens with two attached hydrogens (primary N) is 1. The van der Waals surface area contributed by atoms with Gasteiger partial charge in [0.1, 0.15) is 0 Å². The molecule has 1 fully saturated rings. The summed E-state index contributed by atoms with van der Waals surface area (Å²) in [6.07, 6.45) is 0.521. The van der Waals surface area contributed by atoms with Gasteiger partial charge in [0, 0.05) is 18.7 Å². The second kappa shape index (κ2) is 6.35. The lowest BCUT2D eigenvalue weighted by molar-refractivity contribution is -0.131. The zero-order valence-corrected chi connectivity index (χ0v) is 13.0. The van der Waals surface area contributed by atoms with E-state index in [1.807, 2.05) is 0 Å². The van der Waals surface area contributed by atoms with Gasteiger partial charge in [0.25, 0.3) is 0 Å². The van der Waals surface area contributed by atoms with E-state index in [9.17, 15) is 9.59 Å². The maximum Gasteiger partial charge on any atom is 0.244 e. The molecule has 1 saturated heterocycles.